The third-order valence-corrected chi connectivity index (χ3v) is 3.13. The van der Waals surface area contributed by atoms with Crippen LogP contribution in [-0.4, -0.2) is 34.3 Å². The topological polar surface area (TPSA) is 70.8 Å². The number of H-pyrrole nitrogens is 1. The van der Waals surface area contributed by atoms with Gasteiger partial charge in [-0.05, 0) is 18.9 Å². The van der Waals surface area contributed by atoms with Gasteiger partial charge in [0.2, 0.25) is 0 Å². The first kappa shape index (κ1) is 9.59. The molecule has 3 N–H and O–H groups in total. The summed E-state index contributed by atoms with van der Waals surface area (Å²) >= 11 is 0. The van der Waals surface area contributed by atoms with E-state index < -0.39 is 0 Å². The first-order valence-electron chi connectivity index (χ1n) is 5.63. The summed E-state index contributed by atoms with van der Waals surface area (Å²) < 4.78 is 0. The van der Waals surface area contributed by atoms with Crippen molar-refractivity contribution >= 4 is 16.7 Å². The van der Waals surface area contributed by atoms with Gasteiger partial charge in [0.15, 0.2) is 5.65 Å². The van der Waals surface area contributed by atoms with Crippen molar-refractivity contribution in [3.63, 3.8) is 0 Å². The Morgan fingerprint density at radius 3 is 3.31 bits per heavy atom. The third-order valence-electron chi connectivity index (χ3n) is 3.13. The average Bonchev–Trinajstić information content (AvgIpc) is 2.76. The fourth-order valence-electron chi connectivity index (χ4n) is 2.34. The van der Waals surface area contributed by atoms with E-state index in [-0.39, 0.29) is 6.04 Å². The second kappa shape index (κ2) is 3.75. The fourth-order valence-corrected chi connectivity index (χ4v) is 2.34. The summed E-state index contributed by atoms with van der Waals surface area (Å²) in [5.74, 6) is 0. The van der Waals surface area contributed by atoms with Crippen molar-refractivity contribution in [2.24, 2.45) is 5.73 Å². The van der Waals surface area contributed by atoms with Crippen molar-refractivity contribution in [1.82, 2.24) is 15.2 Å². The minimum atomic E-state index is 0.281. The maximum atomic E-state index is 6.00. The zero-order chi connectivity index (χ0) is 11.0. The number of hydrogen-bond donors (Lipinski definition) is 2. The number of anilines is 1. The highest BCUT2D eigenvalue weighted by Crippen LogP contribution is 2.26. The summed E-state index contributed by atoms with van der Waals surface area (Å²) in [5, 5.41) is 8.00. The Hall–Kier alpha value is -1.62. The van der Waals surface area contributed by atoms with Crippen molar-refractivity contribution < 1.29 is 0 Å². The van der Waals surface area contributed by atoms with Gasteiger partial charge in [0.05, 0.1) is 17.3 Å². The summed E-state index contributed by atoms with van der Waals surface area (Å²) in [5.41, 5.74) is 8.03. The van der Waals surface area contributed by atoms with Gasteiger partial charge in [-0.15, -0.1) is 0 Å². The Kier molecular flexibility index (Phi) is 2.25. The summed E-state index contributed by atoms with van der Waals surface area (Å²) in [7, 11) is 0. The first-order valence-corrected chi connectivity index (χ1v) is 5.63. The maximum Gasteiger partial charge on any atom is 0.157 e. The number of hydrogen-bond acceptors (Lipinski definition) is 4. The summed E-state index contributed by atoms with van der Waals surface area (Å²) in [6, 6.07) is 2.32. The Morgan fingerprint density at radius 1 is 1.50 bits per heavy atom. The second-order valence-electron chi connectivity index (χ2n) is 4.31. The van der Waals surface area contributed by atoms with Gasteiger partial charge < -0.3 is 10.6 Å². The number of nitrogens with one attached hydrogen (secondary N) is 1. The van der Waals surface area contributed by atoms with Crippen LogP contribution in [-0.2, 0) is 0 Å². The zero-order valence-corrected chi connectivity index (χ0v) is 9.06. The highest BCUT2D eigenvalue weighted by Gasteiger charge is 2.19. The van der Waals surface area contributed by atoms with Crippen LogP contribution in [0.25, 0.3) is 11.0 Å². The van der Waals surface area contributed by atoms with Crippen LogP contribution in [0.3, 0.4) is 0 Å². The van der Waals surface area contributed by atoms with Crippen molar-refractivity contribution in [2.75, 3.05) is 18.0 Å². The van der Waals surface area contributed by atoms with Crippen molar-refractivity contribution in [1.29, 1.82) is 0 Å². The van der Waals surface area contributed by atoms with Crippen LogP contribution in [0.1, 0.15) is 12.8 Å². The Bertz CT molecular complexity index is 492. The lowest BCUT2D eigenvalue weighted by Crippen LogP contribution is -2.42. The predicted molar refractivity (Wildman–Crippen MR) is 63.3 cm³/mol. The molecule has 0 bridgehead atoms. The fraction of sp³-hybridized carbons (Fsp3) is 0.455. The van der Waals surface area contributed by atoms with Gasteiger partial charge in [0.1, 0.15) is 0 Å². The number of fused-ring (bicyclic) bond motifs is 1. The van der Waals surface area contributed by atoms with Crippen LogP contribution in [0.15, 0.2) is 18.5 Å². The highest BCUT2D eigenvalue weighted by molar-refractivity contribution is 5.88. The van der Waals surface area contributed by atoms with E-state index in [1.165, 1.54) is 5.69 Å². The van der Waals surface area contributed by atoms with Crippen LogP contribution in [0, 0.1) is 0 Å². The number of nitrogens with two attached hydrogens (primary N) is 1. The van der Waals surface area contributed by atoms with Crippen LogP contribution in [0.2, 0.25) is 0 Å². The number of rotatable bonds is 1. The summed E-state index contributed by atoms with van der Waals surface area (Å²) in [6.45, 7) is 1.99. The van der Waals surface area contributed by atoms with E-state index in [1.54, 1.807) is 0 Å². The smallest absolute Gasteiger partial charge is 0.157 e. The van der Waals surface area contributed by atoms with Gasteiger partial charge in [-0.25, -0.2) is 4.98 Å². The number of pyridine rings is 1. The number of aromatic amines is 1. The molecule has 3 rings (SSSR count). The Labute approximate surface area is 93.6 Å². The molecule has 16 heavy (non-hydrogen) atoms. The lowest BCUT2D eigenvalue weighted by Gasteiger charge is -2.32. The highest BCUT2D eigenvalue weighted by atomic mass is 15.2. The lowest BCUT2D eigenvalue weighted by molar-refractivity contribution is 0.507. The van der Waals surface area contributed by atoms with Crippen LogP contribution < -0.4 is 10.6 Å². The number of aromatic nitrogens is 3. The average molecular weight is 217 g/mol. The van der Waals surface area contributed by atoms with Gasteiger partial charge in [-0.3, -0.25) is 5.10 Å². The van der Waals surface area contributed by atoms with Gasteiger partial charge in [0.25, 0.3) is 0 Å². The molecule has 2 aromatic rings. The van der Waals surface area contributed by atoms with E-state index in [2.05, 4.69) is 20.1 Å². The molecule has 0 aromatic carbocycles. The predicted octanol–water partition coefficient (Wildman–Crippen LogP) is 0.885. The van der Waals surface area contributed by atoms with E-state index in [0.717, 1.165) is 37.0 Å². The minimum Gasteiger partial charge on any atom is -0.369 e. The zero-order valence-electron chi connectivity index (χ0n) is 9.06. The molecule has 0 radical (unpaired) electrons. The molecule has 3 heterocycles. The molecule has 1 aliphatic heterocycles. The van der Waals surface area contributed by atoms with Crippen molar-refractivity contribution in [3.05, 3.63) is 18.5 Å². The molecule has 0 aliphatic carbocycles. The first-order chi connectivity index (χ1) is 7.84. The minimum absolute atomic E-state index is 0.281. The van der Waals surface area contributed by atoms with E-state index in [4.69, 9.17) is 5.73 Å². The molecule has 1 aliphatic rings. The van der Waals surface area contributed by atoms with E-state index >= 15 is 0 Å². The third kappa shape index (κ3) is 1.53. The maximum absolute atomic E-state index is 6.00. The molecule has 0 spiro atoms. The SMILES string of the molecule is NC1CCCN(c2ccnc3[nH]ncc23)C1. The largest absolute Gasteiger partial charge is 0.369 e. The molecule has 0 saturated carbocycles. The molecule has 1 fully saturated rings. The van der Waals surface area contributed by atoms with Crippen LogP contribution >= 0.6 is 0 Å². The van der Waals surface area contributed by atoms with Crippen molar-refractivity contribution in [3.8, 4) is 0 Å². The van der Waals surface area contributed by atoms with Gasteiger partial charge in [-0.1, -0.05) is 0 Å². The molecule has 1 unspecified atom stereocenters. The lowest BCUT2D eigenvalue weighted by atomic mass is 10.1. The Morgan fingerprint density at radius 2 is 2.44 bits per heavy atom. The summed E-state index contributed by atoms with van der Waals surface area (Å²) in [6.07, 6.45) is 5.92. The van der Waals surface area contributed by atoms with E-state index in [0.29, 0.717) is 0 Å². The molecule has 5 nitrogen and oxygen atoms in total. The normalized spacial score (nSPS) is 21.6. The standard InChI is InChI=1S/C11H15N5/c12-8-2-1-5-16(7-8)10-3-4-13-11-9(10)6-14-15-11/h3-4,6,8H,1-2,5,7,12H2,(H,13,14,15). The molecular weight excluding hydrogens is 202 g/mol. The number of piperidine rings is 1. The molecule has 84 valence electrons. The van der Waals surface area contributed by atoms with Gasteiger partial charge in [-0.2, -0.15) is 5.10 Å². The van der Waals surface area contributed by atoms with Gasteiger partial charge >= 0.3 is 0 Å². The molecule has 0 amide bonds. The van der Waals surface area contributed by atoms with Crippen LogP contribution in [0.5, 0.6) is 0 Å². The molecule has 1 saturated heterocycles. The summed E-state index contributed by atoms with van der Waals surface area (Å²) in [4.78, 5) is 6.57. The molecular formula is C11H15N5. The second-order valence-corrected chi connectivity index (χ2v) is 4.31. The Balaban J connectivity index is 2.01. The molecule has 2 aromatic heterocycles. The van der Waals surface area contributed by atoms with Gasteiger partial charge in [0, 0.05) is 25.3 Å². The van der Waals surface area contributed by atoms with E-state index in [9.17, 15) is 0 Å². The number of nitrogens with zero attached hydrogens (tertiary/aromatic N) is 3. The van der Waals surface area contributed by atoms with E-state index in [1.807, 2.05) is 18.5 Å². The van der Waals surface area contributed by atoms with Crippen molar-refractivity contribution in [2.45, 2.75) is 18.9 Å². The molecule has 5 heteroatoms. The molecule has 1 atom stereocenters. The van der Waals surface area contributed by atoms with Crippen LogP contribution in [0.4, 0.5) is 5.69 Å². The quantitative estimate of drug-likeness (QED) is 0.744. The monoisotopic (exact) mass is 217 g/mol.